The van der Waals surface area contributed by atoms with Crippen LogP contribution in [0, 0.1) is 0 Å². The normalized spacial score (nSPS) is 11.3. The first kappa shape index (κ1) is 15.5. The fourth-order valence-electron chi connectivity index (χ4n) is 1.95. The van der Waals surface area contributed by atoms with Crippen molar-refractivity contribution in [2.75, 3.05) is 11.9 Å². The first-order valence-corrected chi connectivity index (χ1v) is 8.48. The highest BCUT2D eigenvalue weighted by Crippen LogP contribution is 2.21. The highest BCUT2D eigenvalue weighted by molar-refractivity contribution is 7.89. The first-order valence-electron chi connectivity index (χ1n) is 7.00. The average molecular weight is 304 g/mol. The van der Waals surface area contributed by atoms with Crippen molar-refractivity contribution < 1.29 is 8.42 Å². The van der Waals surface area contributed by atoms with Crippen molar-refractivity contribution in [3.63, 3.8) is 0 Å². The molecule has 2 rings (SSSR count). The summed E-state index contributed by atoms with van der Waals surface area (Å²) in [5, 5.41) is 3.19. The van der Waals surface area contributed by atoms with Gasteiger partial charge in [-0.2, -0.15) is 0 Å². The Morgan fingerprint density at radius 2 is 1.62 bits per heavy atom. The molecule has 0 spiro atoms. The first-order chi connectivity index (χ1) is 10.1. The maximum Gasteiger partial charge on any atom is 0.242 e. The monoisotopic (exact) mass is 304 g/mol. The van der Waals surface area contributed by atoms with Crippen LogP contribution >= 0.6 is 0 Å². The fraction of sp³-hybridized carbons (Fsp3) is 0.250. The molecule has 0 amide bonds. The predicted molar refractivity (Wildman–Crippen MR) is 85.7 cm³/mol. The molecule has 0 aromatic heterocycles. The maximum absolute atomic E-state index is 12.3. The Labute approximate surface area is 126 Å². The summed E-state index contributed by atoms with van der Waals surface area (Å²) in [6, 6.07) is 16.8. The number of hydrogen-bond acceptors (Lipinski definition) is 3. The van der Waals surface area contributed by atoms with Crippen molar-refractivity contribution in [2.45, 2.75) is 24.8 Å². The summed E-state index contributed by atoms with van der Waals surface area (Å²) in [6.45, 7) is 2.96. The lowest BCUT2D eigenvalue weighted by Crippen LogP contribution is -2.25. The summed E-state index contributed by atoms with van der Waals surface area (Å²) in [6.07, 6.45) is 0.763. The van der Waals surface area contributed by atoms with E-state index in [-0.39, 0.29) is 4.90 Å². The van der Waals surface area contributed by atoms with Crippen LogP contribution in [0.25, 0.3) is 0 Å². The molecule has 0 aliphatic heterocycles. The number of benzene rings is 2. The van der Waals surface area contributed by atoms with E-state index in [2.05, 4.69) is 10.0 Å². The van der Waals surface area contributed by atoms with Gasteiger partial charge in [-0.3, -0.25) is 0 Å². The lowest BCUT2D eigenvalue weighted by Gasteiger charge is -2.13. The Bertz CT molecular complexity index is 670. The SMILES string of the molecule is CCCNS(=O)(=O)c1ccccc1NCc1ccccc1. The highest BCUT2D eigenvalue weighted by atomic mass is 32.2. The minimum absolute atomic E-state index is 0.286. The minimum atomic E-state index is -3.47. The molecule has 0 unspecified atom stereocenters. The zero-order chi connectivity index (χ0) is 15.1. The largest absolute Gasteiger partial charge is 0.380 e. The van der Waals surface area contributed by atoms with Gasteiger partial charge in [-0.25, -0.2) is 13.1 Å². The van der Waals surface area contributed by atoms with Gasteiger partial charge in [0.15, 0.2) is 0 Å². The molecule has 0 saturated carbocycles. The molecule has 0 bridgehead atoms. The second-order valence-electron chi connectivity index (χ2n) is 4.73. The van der Waals surface area contributed by atoms with Crippen molar-refractivity contribution >= 4 is 15.7 Å². The zero-order valence-corrected chi connectivity index (χ0v) is 12.9. The van der Waals surface area contributed by atoms with E-state index in [4.69, 9.17) is 0 Å². The van der Waals surface area contributed by atoms with E-state index in [1.54, 1.807) is 18.2 Å². The van der Waals surface area contributed by atoms with E-state index in [0.29, 0.717) is 18.8 Å². The van der Waals surface area contributed by atoms with Crippen LogP contribution in [0.5, 0.6) is 0 Å². The van der Waals surface area contributed by atoms with Gasteiger partial charge in [0.05, 0.1) is 5.69 Å². The van der Waals surface area contributed by atoms with Gasteiger partial charge in [-0.05, 0) is 24.1 Å². The molecule has 2 aromatic rings. The summed E-state index contributed by atoms with van der Waals surface area (Å²) in [7, 11) is -3.47. The van der Waals surface area contributed by atoms with E-state index >= 15 is 0 Å². The van der Waals surface area contributed by atoms with Gasteiger partial charge in [0.1, 0.15) is 4.90 Å². The Balaban J connectivity index is 2.17. The quantitative estimate of drug-likeness (QED) is 0.827. The predicted octanol–water partition coefficient (Wildman–Crippen LogP) is 2.99. The van der Waals surface area contributed by atoms with Crippen LogP contribution in [0.3, 0.4) is 0 Å². The molecular weight excluding hydrogens is 284 g/mol. The van der Waals surface area contributed by atoms with Crippen molar-refractivity contribution in [2.24, 2.45) is 0 Å². The topological polar surface area (TPSA) is 58.2 Å². The van der Waals surface area contributed by atoms with Crippen molar-refractivity contribution in [3.8, 4) is 0 Å². The van der Waals surface area contributed by atoms with Crippen LogP contribution in [0.15, 0.2) is 59.5 Å². The lowest BCUT2D eigenvalue weighted by atomic mass is 10.2. The maximum atomic E-state index is 12.3. The van der Waals surface area contributed by atoms with E-state index in [1.165, 1.54) is 0 Å². The molecule has 0 radical (unpaired) electrons. The standard InChI is InChI=1S/C16H20N2O2S/c1-2-12-18-21(19,20)16-11-7-6-10-15(16)17-13-14-8-4-3-5-9-14/h3-11,17-18H,2,12-13H2,1H3. The Morgan fingerprint density at radius 3 is 2.33 bits per heavy atom. The fourth-order valence-corrected chi connectivity index (χ4v) is 3.27. The lowest BCUT2D eigenvalue weighted by molar-refractivity contribution is 0.581. The van der Waals surface area contributed by atoms with Gasteiger partial charge >= 0.3 is 0 Å². The second-order valence-corrected chi connectivity index (χ2v) is 6.47. The number of para-hydroxylation sites is 1. The molecule has 2 N–H and O–H groups in total. The van der Waals surface area contributed by atoms with Crippen molar-refractivity contribution in [1.82, 2.24) is 4.72 Å². The third-order valence-corrected chi connectivity index (χ3v) is 4.56. The van der Waals surface area contributed by atoms with Gasteiger partial charge in [0, 0.05) is 13.1 Å². The molecule has 0 fully saturated rings. The average Bonchev–Trinajstić information content (AvgIpc) is 2.52. The molecule has 5 heteroatoms. The number of anilines is 1. The van der Waals surface area contributed by atoms with Crippen molar-refractivity contribution in [3.05, 3.63) is 60.2 Å². The summed E-state index contributed by atoms with van der Waals surface area (Å²) < 4.78 is 27.1. The Kier molecular flexibility index (Phi) is 5.36. The van der Waals surface area contributed by atoms with Crippen LogP contribution in [-0.2, 0) is 16.6 Å². The highest BCUT2D eigenvalue weighted by Gasteiger charge is 2.17. The Hall–Kier alpha value is -1.85. The molecule has 0 aliphatic carbocycles. The smallest absolute Gasteiger partial charge is 0.242 e. The molecular formula is C16H20N2O2S. The van der Waals surface area contributed by atoms with Crippen molar-refractivity contribution in [1.29, 1.82) is 0 Å². The van der Waals surface area contributed by atoms with Gasteiger partial charge in [-0.1, -0.05) is 49.4 Å². The van der Waals surface area contributed by atoms with Crippen LogP contribution in [-0.4, -0.2) is 15.0 Å². The molecule has 21 heavy (non-hydrogen) atoms. The summed E-state index contributed by atoms with van der Waals surface area (Å²) >= 11 is 0. The summed E-state index contributed by atoms with van der Waals surface area (Å²) in [5.74, 6) is 0. The van der Waals surface area contributed by atoms with Crippen LogP contribution in [0.2, 0.25) is 0 Å². The van der Waals surface area contributed by atoms with Gasteiger partial charge < -0.3 is 5.32 Å². The van der Waals surface area contributed by atoms with Crippen LogP contribution in [0.4, 0.5) is 5.69 Å². The van der Waals surface area contributed by atoms with Gasteiger partial charge in [0.2, 0.25) is 10.0 Å². The molecule has 0 heterocycles. The van der Waals surface area contributed by atoms with Crippen LogP contribution < -0.4 is 10.0 Å². The third-order valence-electron chi connectivity index (χ3n) is 3.04. The van der Waals surface area contributed by atoms with Gasteiger partial charge in [-0.15, -0.1) is 0 Å². The molecule has 4 nitrogen and oxygen atoms in total. The molecule has 0 aliphatic rings. The van der Waals surface area contributed by atoms with E-state index < -0.39 is 10.0 Å². The van der Waals surface area contributed by atoms with E-state index in [0.717, 1.165) is 12.0 Å². The minimum Gasteiger partial charge on any atom is -0.380 e. The zero-order valence-electron chi connectivity index (χ0n) is 12.0. The van der Waals surface area contributed by atoms with E-state index in [1.807, 2.05) is 43.3 Å². The molecule has 112 valence electrons. The summed E-state index contributed by atoms with van der Waals surface area (Å²) in [4.78, 5) is 0.286. The third kappa shape index (κ3) is 4.31. The number of rotatable bonds is 7. The van der Waals surface area contributed by atoms with Gasteiger partial charge in [0.25, 0.3) is 0 Å². The molecule has 0 saturated heterocycles. The van der Waals surface area contributed by atoms with Crippen LogP contribution in [0.1, 0.15) is 18.9 Å². The number of nitrogens with one attached hydrogen (secondary N) is 2. The van der Waals surface area contributed by atoms with E-state index in [9.17, 15) is 8.42 Å². The Morgan fingerprint density at radius 1 is 0.952 bits per heavy atom. The molecule has 0 atom stereocenters. The number of hydrogen-bond donors (Lipinski definition) is 2. The summed E-state index contributed by atoms with van der Waals surface area (Å²) in [5.41, 5.74) is 1.72. The number of sulfonamides is 1. The molecule has 2 aromatic carbocycles. The second kappa shape index (κ2) is 7.24.